The number of halogens is 3. The van der Waals surface area contributed by atoms with Crippen molar-refractivity contribution >= 4 is 22.9 Å². The second-order valence-electron chi connectivity index (χ2n) is 8.91. The normalized spacial score (nSPS) is 22.4. The third kappa shape index (κ3) is 3.60. The summed E-state index contributed by atoms with van der Waals surface area (Å²) in [6.07, 6.45) is 3.53. The van der Waals surface area contributed by atoms with E-state index in [-0.39, 0.29) is 23.7 Å². The molecule has 2 heterocycles. The van der Waals surface area contributed by atoms with Gasteiger partial charge < -0.3 is 10.1 Å². The van der Waals surface area contributed by atoms with Gasteiger partial charge in [0.1, 0.15) is 17.3 Å². The van der Waals surface area contributed by atoms with Crippen molar-refractivity contribution in [2.75, 3.05) is 6.54 Å². The Hall–Kier alpha value is -3.06. The summed E-state index contributed by atoms with van der Waals surface area (Å²) in [4.78, 5) is 16.0. The molecule has 1 aliphatic carbocycles. The lowest BCUT2D eigenvalue weighted by atomic mass is 9.87. The molecule has 2 N–H and O–H groups in total. The van der Waals surface area contributed by atoms with Gasteiger partial charge in [-0.3, -0.25) is 4.90 Å². The van der Waals surface area contributed by atoms with E-state index in [1.54, 1.807) is 0 Å². The van der Waals surface area contributed by atoms with Crippen LogP contribution < -0.4 is 0 Å². The van der Waals surface area contributed by atoms with Gasteiger partial charge in [0.05, 0.1) is 6.04 Å². The number of carbonyl (C=O) groups is 1. The zero-order valence-electron chi connectivity index (χ0n) is 17.5. The standard InChI is InChI=1S/C25H23F3N2O2/c1-14-10-17-16-4-2-3-5-20(16)29-23(17)24(30(14)13-25(28)8-9-25)22-18(26)11-15(12-19(22)27)6-7-21(31)32/h2-7,11-12,14,24,29H,8-10,13H2,1H3,(H,31,32)/t14-,24-/m1/s1. The van der Waals surface area contributed by atoms with Crippen molar-refractivity contribution in [1.82, 2.24) is 9.88 Å². The largest absolute Gasteiger partial charge is 0.478 e. The van der Waals surface area contributed by atoms with Crippen LogP contribution >= 0.6 is 0 Å². The molecule has 0 saturated heterocycles. The van der Waals surface area contributed by atoms with Gasteiger partial charge in [0.15, 0.2) is 0 Å². The predicted molar refractivity (Wildman–Crippen MR) is 116 cm³/mol. The highest BCUT2D eigenvalue weighted by Gasteiger charge is 2.49. The Labute approximate surface area is 183 Å². The molecular weight excluding hydrogens is 417 g/mol. The monoisotopic (exact) mass is 440 g/mol. The molecule has 3 aromatic rings. The van der Waals surface area contributed by atoms with E-state index in [4.69, 9.17) is 5.11 Å². The number of nitrogens with one attached hydrogen (secondary N) is 1. The average Bonchev–Trinajstić information content (AvgIpc) is 3.35. The molecule has 2 aliphatic rings. The van der Waals surface area contributed by atoms with Gasteiger partial charge in [-0.25, -0.2) is 18.0 Å². The van der Waals surface area contributed by atoms with E-state index in [0.29, 0.717) is 25.0 Å². The van der Waals surface area contributed by atoms with Crippen LogP contribution in [0.3, 0.4) is 0 Å². The number of hydrogen-bond acceptors (Lipinski definition) is 2. The van der Waals surface area contributed by atoms with Crippen LogP contribution in [0, 0.1) is 11.6 Å². The molecule has 1 saturated carbocycles. The molecule has 166 valence electrons. The van der Waals surface area contributed by atoms with Crippen LogP contribution in [0.5, 0.6) is 0 Å². The van der Waals surface area contributed by atoms with Crippen LogP contribution in [0.4, 0.5) is 13.2 Å². The van der Waals surface area contributed by atoms with E-state index in [2.05, 4.69) is 4.98 Å². The predicted octanol–water partition coefficient (Wildman–Crippen LogP) is 5.38. The Kier molecular flexibility index (Phi) is 4.89. The number of aliphatic carboxylic acids is 1. The molecule has 5 rings (SSSR count). The van der Waals surface area contributed by atoms with E-state index in [1.807, 2.05) is 36.1 Å². The first-order chi connectivity index (χ1) is 15.3. The number of benzene rings is 2. The number of aromatic amines is 1. The van der Waals surface area contributed by atoms with Crippen molar-refractivity contribution in [3.05, 3.63) is 76.5 Å². The minimum absolute atomic E-state index is 0.104. The van der Waals surface area contributed by atoms with Gasteiger partial charge in [0, 0.05) is 40.8 Å². The number of carboxylic acids is 1. The van der Waals surface area contributed by atoms with Gasteiger partial charge in [-0.05, 0) is 61.6 Å². The van der Waals surface area contributed by atoms with Crippen molar-refractivity contribution in [3.8, 4) is 0 Å². The maximum atomic E-state index is 15.4. The zero-order valence-corrected chi connectivity index (χ0v) is 17.5. The lowest BCUT2D eigenvalue weighted by molar-refractivity contribution is -0.131. The first-order valence-corrected chi connectivity index (χ1v) is 10.7. The van der Waals surface area contributed by atoms with Crippen LogP contribution in [-0.4, -0.2) is 39.2 Å². The molecule has 1 aliphatic heterocycles. The van der Waals surface area contributed by atoms with E-state index >= 15 is 8.78 Å². The Morgan fingerprint density at radius 1 is 1.25 bits per heavy atom. The summed E-state index contributed by atoms with van der Waals surface area (Å²) in [7, 11) is 0. The Morgan fingerprint density at radius 2 is 1.94 bits per heavy atom. The molecule has 32 heavy (non-hydrogen) atoms. The van der Waals surface area contributed by atoms with Crippen LogP contribution in [0.15, 0.2) is 42.5 Å². The van der Waals surface area contributed by atoms with Crippen molar-refractivity contribution < 1.29 is 23.1 Å². The van der Waals surface area contributed by atoms with Crippen molar-refractivity contribution in [2.45, 2.75) is 43.9 Å². The van der Waals surface area contributed by atoms with Crippen molar-refractivity contribution in [2.24, 2.45) is 0 Å². The summed E-state index contributed by atoms with van der Waals surface area (Å²) in [5, 5.41) is 9.81. The van der Waals surface area contributed by atoms with Gasteiger partial charge in [-0.1, -0.05) is 18.2 Å². The number of hydrogen-bond donors (Lipinski definition) is 2. The van der Waals surface area contributed by atoms with Crippen LogP contribution in [0.2, 0.25) is 0 Å². The summed E-state index contributed by atoms with van der Waals surface area (Å²) in [5.41, 5.74) is 1.18. The number of fused-ring (bicyclic) bond motifs is 3. The fraction of sp³-hybridized carbons (Fsp3) is 0.320. The first kappa shape index (κ1) is 20.8. The Bertz CT molecular complexity index is 1220. The minimum Gasteiger partial charge on any atom is -0.478 e. The van der Waals surface area contributed by atoms with Gasteiger partial charge in [0.25, 0.3) is 0 Å². The number of para-hydroxylation sites is 1. The van der Waals surface area contributed by atoms with E-state index in [1.165, 1.54) is 0 Å². The number of rotatable bonds is 5. The van der Waals surface area contributed by atoms with Gasteiger partial charge in [-0.15, -0.1) is 0 Å². The number of aromatic nitrogens is 1. The SMILES string of the molecule is C[C@@H]1Cc2c([nH]c3ccccc23)[C@@H](c2c(F)cc(C=CC(=O)O)cc2F)N1CC1(F)CC1. The van der Waals surface area contributed by atoms with Crippen molar-refractivity contribution in [3.63, 3.8) is 0 Å². The topological polar surface area (TPSA) is 56.3 Å². The average molecular weight is 440 g/mol. The molecule has 1 fully saturated rings. The summed E-state index contributed by atoms with van der Waals surface area (Å²) in [6, 6.07) is 9.04. The smallest absolute Gasteiger partial charge is 0.328 e. The lowest BCUT2D eigenvalue weighted by Crippen LogP contribution is -2.46. The van der Waals surface area contributed by atoms with Gasteiger partial charge in [0.2, 0.25) is 0 Å². The fourth-order valence-electron chi connectivity index (χ4n) is 4.81. The highest BCUT2D eigenvalue weighted by Crippen LogP contribution is 2.47. The fourth-order valence-corrected chi connectivity index (χ4v) is 4.81. The molecule has 2 aromatic carbocycles. The molecule has 0 bridgehead atoms. The molecule has 4 nitrogen and oxygen atoms in total. The lowest BCUT2D eigenvalue weighted by Gasteiger charge is -2.42. The number of alkyl halides is 1. The molecule has 1 aromatic heterocycles. The van der Waals surface area contributed by atoms with E-state index < -0.39 is 29.3 Å². The molecule has 7 heteroatoms. The number of carboxylic acid groups (broad SMARTS) is 1. The summed E-state index contributed by atoms with van der Waals surface area (Å²) in [5.74, 6) is -2.78. The van der Waals surface area contributed by atoms with Gasteiger partial charge >= 0.3 is 5.97 Å². The van der Waals surface area contributed by atoms with Crippen molar-refractivity contribution in [1.29, 1.82) is 0 Å². The third-order valence-corrected chi connectivity index (χ3v) is 6.57. The van der Waals surface area contributed by atoms with E-state index in [9.17, 15) is 9.18 Å². The Morgan fingerprint density at radius 3 is 2.59 bits per heavy atom. The summed E-state index contributed by atoms with van der Waals surface area (Å²) in [6.45, 7) is 2.07. The third-order valence-electron chi connectivity index (χ3n) is 6.57. The maximum absolute atomic E-state index is 15.4. The second kappa shape index (κ2) is 7.52. The molecular formula is C25H23F3N2O2. The Balaban J connectivity index is 1.68. The van der Waals surface area contributed by atoms with Crippen LogP contribution in [-0.2, 0) is 11.2 Å². The zero-order chi connectivity index (χ0) is 22.6. The molecule has 0 amide bonds. The second-order valence-corrected chi connectivity index (χ2v) is 8.91. The highest BCUT2D eigenvalue weighted by atomic mass is 19.1. The number of H-pyrrole nitrogens is 1. The first-order valence-electron chi connectivity index (χ1n) is 10.7. The number of nitrogens with zero attached hydrogens (tertiary/aromatic N) is 1. The minimum atomic E-state index is -1.33. The maximum Gasteiger partial charge on any atom is 0.328 e. The van der Waals surface area contributed by atoms with E-state index in [0.717, 1.165) is 40.8 Å². The molecule has 0 spiro atoms. The van der Waals surface area contributed by atoms with Gasteiger partial charge in [-0.2, -0.15) is 0 Å². The highest BCUT2D eigenvalue weighted by molar-refractivity contribution is 5.86. The molecule has 0 radical (unpaired) electrons. The molecule has 0 unspecified atom stereocenters. The summed E-state index contributed by atoms with van der Waals surface area (Å²) >= 11 is 0. The molecule has 2 atom stereocenters. The quantitative estimate of drug-likeness (QED) is 0.524. The van der Waals surface area contributed by atoms with Crippen LogP contribution in [0.25, 0.3) is 17.0 Å². The van der Waals surface area contributed by atoms with Crippen LogP contribution in [0.1, 0.15) is 48.2 Å². The summed E-state index contributed by atoms with van der Waals surface area (Å²) < 4.78 is 45.6.